The van der Waals surface area contributed by atoms with Crippen LogP contribution in [-0.4, -0.2) is 75.3 Å². The molecule has 0 aliphatic carbocycles. The number of rotatable bonds is 3. The van der Waals surface area contributed by atoms with Crippen LogP contribution in [0, 0.1) is 0 Å². The highest BCUT2D eigenvalue weighted by Crippen LogP contribution is 2.48. The standard InChI is InChI=1S/C27H21Cl2N3O7/c1-38-23-14(8-33)39-9-27(37,24(23)34)32-21-11(5-3-7-13(21)29)16-18-17(25(35)31-26(18)36)15-10-4-2-6-12(28)19(10)30-20(15)22(16)32/h2-7,14,23-24,30,33-34,37H,8-9H2,1H3,(H,31,35,36). The minimum Gasteiger partial charge on any atom is -0.394 e. The number of hydrogen-bond acceptors (Lipinski definition) is 7. The monoisotopic (exact) mass is 569 g/mol. The summed E-state index contributed by atoms with van der Waals surface area (Å²) in [5.74, 6) is -1.16. The Bertz CT molecular complexity index is 1900. The lowest BCUT2D eigenvalue weighted by Gasteiger charge is -2.45. The highest BCUT2D eigenvalue weighted by atomic mass is 35.5. The lowest BCUT2D eigenvalue weighted by atomic mass is 9.93. The van der Waals surface area contributed by atoms with Crippen LogP contribution in [0.5, 0.6) is 0 Å². The molecule has 12 heteroatoms. The molecule has 2 amide bonds. The van der Waals surface area contributed by atoms with Crippen molar-refractivity contribution in [2.45, 2.75) is 24.0 Å². The van der Waals surface area contributed by atoms with E-state index in [0.717, 1.165) is 0 Å². The van der Waals surface area contributed by atoms with Crippen molar-refractivity contribution in [1.29, 1.82) is 0 Å². The van der Waals surface area contributed by atoms with Crippen molar-refractivity contribution in [3.8, 4) is 0 Å². The molecule has 7 rings (SSSR count). The number of benzene rings is 3. The van der Waals surface area contributed by atoms with E-state index in [4.69, 9.17) is 32.7 Å². The molecule has 5 N–H and O–H groups in total. The summed E-state index contributed by atoms with van der Waals surface area (Å²) in [6.07, 6.45) is -3.58. The van der Waals surface area contributed by atoms with Crippen LogP contribution in [0.1, 0.15) is 20.7 Å². The summed E-state index contributed by atoms with van der Waals surface area (Å²) in [6, 6.07) is 10.2. The van der Waals surface area contributed by atoms with Gasteiger partial charge >= 0.3 is 0 Å². The number of aromatic nitrogens is 2. The predicted molar refractivity (Wildman–Crippen MR) is 144 cm³/mol. The van der Waals surface area contributed by atoms with Crippen LogP contribution >= 0.6 is 23.2 Å². The van der Waals surface area contributed by atoms with E-state index in [9.17, 15) is 24.9 Å². The molecular formula is C27H21Cl2N3O7. The van der Waals surface area contributed by atoms with Crippen molar-refractivity contribution in [2.75, 3.05) is 20.3 Å². The number of fused-ring (bicyclic) bond motifs is 10. The van der Waals surface area contributed by atoms with Crippen LogP contribution in [0.3, 0.4) is 0 Å². The third-order valence-electron chi connectivity index (χ3n) is 7.89. The molecule has 1 saturated heterocycles. The number of para-hydroxylation sites is 2. The van der Waals surface area contributed by atoms with Crippen molar-refractivity contribution in [1.82, 2.24) is 14.9 Å². The van der Waals surface area contributed by atoms with Gasteiger partial charge in [-0.15, -0.1) is 0 Å². The van der Waals surface area contributed by atoms with Gasteiger partial charge in [0, 0.05) is 28.7 Å². The van der Waals surface area contributed by atoms with E-state index in [-0.39, 0.29) is 16.1 Å². The molecule has 0 saturated carbocycles. The SMILES string of the molecule is COC1C(CO)OCC(O)(n2c3c(Cl)cccc3c3c4c(c5c6cccc(Cl)c6[nH]c5c32)C(=O)NC4=O)C1O. The van der Waals surface area contributed by atoms with Crippen molar-refractivity contribution in [2.24, 2.45) is 0 Å². The molecule has 0 radical (unpaired) electrons. The normalized spacial score (nSPS) is 25.3. The van der Waals surface area contributed by atoms with E-state index < -0.39 is 49.1 Å². The smallest absolute Gasteiger partial charge is 0.259 e. The number of aliphatic hydroxyl groups is 3. The first-order valence-electron chi connectivity index (χ1n) is 12.1. The molecule has 3 aromatic carbocycles. The van der Waals surface area contributed by atoms with Crippen LogP contribution in [0.15, 0.2) is 36.4 Å². The van der Waals surface area contributed by atoms with Crippen LogP contribution < -0.4 is 5.32 Å². The second-order valence-electron chi connectivity index (χ2n) is 9.82. The maximum atomic E-state index is 13.3. The molecular weight excluding hydrogens is 549 g/mol. The highest BCUT2D eigenvalue weighted by Gasteiger charge is 2.52. The zero-order valence-corrected chi connectivity index (χ0v) is 21.8. The number of H-pyrrole nitrogens is 1. The van der Waals surface area contributed by atoms with Crippen molar-refractivity contribution in [3.05, 3.63) is 57.6 Å². The fraction of sp³-hybridized carbons (Fsp3) is 0.259. The zero-order valence-electron chi connectivity index (χ0n) is 20.3. The van der Waals surface area contributed by atoms with Crippen molar-refractivity contribution >= 4 is 78.6 Å². The van der Waals surface area contributed by atoms with Crippen LogP contribution in [-0.2, 0) is 15.2 Å². The number of methoxy groups -OCH3 is 1. The highest BCUT2D eigenvalue weighted by molar-refractivity contribution is 6.43. The molecule has 4 heterocycles. The summed E-state index contributed by atoms with van der Waals surface area (Å²) in [6.45, 7) is -0.881. The maximum Gasteiger partial charge on any atom is 0.259 e. The summed E-state index contributed by atoms with van der Waals surface area (Å²) in [5.41, 5.74) is -0.309. The Morgan fingerprint density at radius 3 is 2.38 bits per heavy atom. The lowest BCUT2D eigenvalue weighted by molar-refractivity contribution is -0.275. The van der Waals surface area contributed by atoms with Gasteiger partial charge < -0.3 is 34.3 Å². The molecule has 200 valence electrons. The van der Waals surface area contributed by atoms with Crippen molar-refractivity contribution in [3.63, 3.8) is 0 Å². The van der Waals surface area contributed by atoms with E-state index >= 15 is 0 Å². The number of hydrogen-bond donors (Lipinski definition) is 5. The summed E-state index contributed by atoms with van der Waals surface area (Å²) >= 11 is 13.3. The Balaban J connectivity index is 1.74. The maximum absolute atomic E-state index is 13.3. The second kappa shape index (κ2) is 8.39. The number of amides is 2. The molecule has 4 unspecified atom stereocenters. The molecule has 5 aromatic rings. The lowest BCUT2D eigenvalue weighted by Crippen LogP contribution is -2.63. The Morgan fingerprint density at radius 1 is 1.03 bits per heavy atom. The molecule has 2 aliphatic heterocycles. The zero-order chi connectivity index (χ0) is 27.4. The van der Waals surface area contributed by atoms with Crippen LogP contribution in [0.2, 0.25) is 10.0 Å². The Morgan fingerprint density at radius 2 is 1.69 bits per heavy atom. The number of aliphatic hydroxyl groups excluding tert-OH is 2. The van der Waals surface area contributed by atoms with Gasteiger partial charge in [0.15, 0.2) is 5.72 Å². The third kappa shape index (κ3) is 3.05. The van der Waals surface area contributed by atoms with Gasteiger partial charge in [0.1, 0.15) is 18.3 Å². The third-order valence-corrected chi connectivity index (χ3v) is 8.51. The van der Waals surface area contributed by atoms with Gasteiger partial charge in [-0.3, -0.25) is 14.9 Å². The molecule has 0 bridgehead atoms. The average molecular weight is 570 g/mol. The number of carbonyl (C=O) groups excluding carboxylic acids is 2. The Hall–Kier alpha value is -3.22. The summed E-state index contributed by atoms with van der Waals surface area (Å²) in [5, 5.41) is 38.4. The molecule has 1 fully saturated rings. The van der Waals surface area contributed by atoms with E-state index in [1.54, 1.807) is 36.4 Å². The summed E-state index contributed by atoms with van der Waals surface area (Å²) in [7, 11) is 1.34. The first kappa shape index (κ1) is 24.8. The minimum atomic E-state index is -2.17. The first-order chi connectivity index (χ1) is 18.7. The predicted octanol–water partition coefficient (Wildman–Crippen LogP) is 3.03. The number of aromatic amines is 1. The largest absolute Gasteiger partial charge is 0.394 e. The van der Waals surface area contributed by atoms with E-state index in [2.05, 4.69) is 10.3 Å². The fourth-order valence-corrected chi connectivity index (χ4v) is 6.72. The van der Waals surface area contributed by atoms with Crippen molar-refractivity contribution < 1.29 is 34.4 Å². The van der Waals surface area contributed by atoms with Gasteiger partial charge in [-0.25, -0.2) is 0 Å². The van der Waals surface area contributed by atoms with E-state index in [0.29, 0.717) is 48.6 Å². The van der Waals surface area contributed by atoms with Gasteiger partial charge in [-0.2, -0.15) is 0 Å². The summed E-state index contributed by atoms with van der Waals surface area (Å²) in [4.78, 5) is 29.8. The van der Waals surface area contributed by atoms with Gasteiger partial charge in [-0.05, 0) is 12.1 Å². The average Bonchev–Trinajstić information content (AvgIpc) is 3.56. The molecule has 4 atom stereocenters. The quantitative estimate of drug-likeness (QED) is 0.210. The molecule has 2 aromatic heterocycles. The number of imide groups is 1. The number of nitrogens with zero attached hydrogens (tertiary/aromatic N) is 1. The number of ether oxygens (including phenoxy) is 2. The Kier molecular flexibility index (Phi) is 5.33. The molecule has 10 nitrogen and oxygen atoms in total. The molecule has 2 aliphatic rings. The summed E-state index contributed by atoms with van der Waals surface area (Å²) < 4.78 is 12.7. The van der Waals surface area contributed by atoms with E-state index in [1.807, 2.05) is 0 Å². The van der Waals surface area contributed by atoms with Crippen LogP contribution in [0.25, 0.3) is 43.6 Å². The molecule has 0 spiro atoms. The topological polar surface area (TPSA) is 146 Å². The van der Waals surface area contributed by atoms with Gasteiger partial charge in [0.2, 0.25) is 0 Å². The van der Waals surface area contributed by atoms with Gasteiger partial charge in [0.25, 0.3) is 11.8 Å². The fourth-order valence-electron chi connectivity index (χ4n) is 6.23. The van der Waals surface area contributed by atoms with Crippen LogP contribution in [0.4, 0.5) is 0 Å². The number of carbonyl (C=O) groups is 2. The first-order valence-corrected chi connectivity index (χ1v) is 12.9. The molecule has 39 heavy (non-hydrogen) atoms. The Labute approximate surface area is 229 Å². The van der Waals surface area contributed by atoms with E-state index in [1.165, 1.54) is 11.7 Å². The minimum absolute atomic E-state index is 0.126. The number of nitrogens with one attached hydrogen (secondary N) is 2. The number of halogens is 2. The second-order valence-corrected chi connectivity index (χ2v) is 10.6. The van der Waals surface area contributed by atoms with Gasteiger partial charge in [-0.1, -0.05) is 47.5 Å². The van der Waals surface area contributed by atoms with Gasteiger partial charge in [0.05, 0.1) is 56.5 Å².